The topological polar surface area (TPSA) is 52.0 Å². The molecule has 1 N–H and O–H groups in total. The summed E-state index contributed by atoms with van der Waals surface area (Å²) in [5, 5.41) is 11.6. The molecular formula is C14H26N4O. The fourth-order valence-electron chi connectivity index (χ4n) is 2.51. The van der Waals surface area contributed by atoms with Gasteiger partial charge >= 0.3 is 0 Å². The van der Waals surface area contributed by atoms with Gasteiger partial charge < -0.3 is 10.1 Å². The molecule has 1 saturated carbocycles. The lowest BCUT2D eigenvalue weighted by Gasteiger charge is -2.09. The van der Waals surface area contributed by atoms with E-state index in [1.165, 1.54) is 25.7 Å². The van der Waals surface area contributed by atoms with Crippen LogP contribution in [0.25, 0.3) is 0 Å². The Kier molecular flexibility index (Phi) is 6.30. The van der Waals surface area contributed by atoms with Gasteiger partial charge in [0.05, 0.1) is 18.8 Å². The third-order valence-electron chi connectivity index (χ3n) is 3.61. The quantitative estimate of drug-likeness (QED) is 0.694. The molecule has 0 unspecified atom stereocenters. The van der Waals surface area contributed by atoms with E-state index in [0.29, 0.717) is 0 Å². The highest BCUT2D eigenvalue weighted by atomic mass is 16.5. The van der Waals surface area contributed by atoms with Gasteiger partial charge in [-0.15, -0.1) is 5.10 Å². The molecule has 0 atom stereocenters. The van der Waals surface area contributed by atoms with E-state index in [4.69, 9.17) is 4.74 Å². The lowest BCUT2D eigenvalue weighted by atomic mass is 10.1. The Labute approximate surface area is 115 Å². The first kappa shape index (κ1) is 14.5. The van der Waals surface area contributed by atoms with E-state index in [9.17, 15) is 0 Å². The fourth-order valence-corrected chi connectivity index (χ4v) is 2.51. The van der Waals surface area contributed by atoms with E-state index in [0.717, 1.165) is 50.9 Å². The zero-order valence-corrected chi connectivity index (χ0v) is 12.0. The molecule has 5 heteroatoms. The molecule has 0 aliphatic heterocycles. The first-order valence-corrected chi connectivity index (χ1v) is 7.56. The van der Waals surface area contributed by atoms with Crippen molar-refractivity contribution in [3.8, 4) is 0 Å². The molecule has 1 heterocycles. The second kappa shape index (κ2) is 8.27. The summed E-state index contributed by atoms with van der Waals surface area (Å²) in [7, 11) is 0. The van der Waals surface area contributed by atoms with E-state index < -0.39 is 0 Å². The zero-order chi connectivity index (χ0) is 13.3. The molecule has 0 radical (unpaired) electrons. The van der Waals surface area contributed by atoms with Crippen molar-refractivity contribution in [1.29, 1.82) is 0 Å². The van der Waals surface area contributed by atoms with Crippen LogP contribution >= 0.6 is 0 Å². The van der Waals surface area contributed by atoms with Crippen LogP contribution in [0.1, 0.15) is 44.7 Å². The number of nitrogens with zero attached hydrogens (tertiary/aromatic N) is 3. The summed E-state index contributed by atoms with van der Waals surface area (Å²) >= 11 is 0. The molecule has 5 nitrogen and oxygen atoms in total. The molecule has 0 aromatic carbocycles. The minimum absolute atomic E-state index is 0.738. The van der Waals surface area contributed by atoms with Crippen molar-refractivity contribution >= 4 is 0 Å². The van der Waals surface area contributed by atoms with E-state index in [-0.39, 0.29) is 0 Å². The Morgan fingerprint density at radius 3 is 3.05 bits per heavy atom. The average Bonchev–Trinajstić information content (AvgIpc) is 3.06. The molecular weight excluding hydrogens is 240 g/mol. The number of aromatic nitrogens is 3. The number of hydrogen-bond donors (Lipinski definition) is 1. The van der Waals surface area contributed by atoms with Crippen LogP contribution in [-0.2, 0) is 17.8 Å². The standard InChI is InChI=1S/C14H26N4O/c1-2-7-15-10-14-11-18(17-16-14)8-9-19-12-13-5-3-4-6-13/h11,13,15H,2-10,12H2,1H3. The molecule has 1 aliphatic rings. The smallest absolute Gasteiger partial charge is 0.0964 e. The normalized spacial score (nSPS) is 16.3. The van der Waals surface area contributed by atoms with Crippen LogP contribution in [-0.4, -0.2) is 34.8 Å². The fraction of sp³-hybridized carbons (Fsp3) is 0.857. The molecule has 0 saturated heterocycles. The van der Waals surface area contributed by atoms with Crippen LogP contribution in [0.2, 0.25) is 0 Å². The number of nitrogens with one attached hydrogen (secondary N) is 1. The molecule has 1 fully saturated rings. The second-order valence-corrected chi connectivity index (χ2v) is 5.38. The lowest BCUT2D eigenvalue weighted by molar-refractivity contribution is 0.0926. The highest BCUT2D eigenvalue weighted by molar-refractivity contribution is 4.91. The van der Waals surface area contributed by atoms with Crippen LogP contribution in [0.5, 0.6) is 0 Å². The zero-order valence-electron chi connectivity index (χ0n) is 12.0. The third kappa shape index (κ3) is 5.28. The van der Waals surface area contributed by atoms with Crippen molar-refractivity contribution in [3.05, 3.63) is 11.9 Å². The number of hydrogen-bond acceptors (Lipinski definition) is 4. The summed E-state index contributed by atoms with van der Waals surface area (Å²) in [5.74, 6) is 0.796. The molecule has 0 bridgehead atoms. The minimum Gasteiger partial charge on any atom is -0.379 e. The van der Waals surface area contributed by atoms with Crippen LogP contribution in [0.15, 0.2) is 6.20 Å². The Bertz CT molecular complexity index is 347. The van der Waals surface area contributed by atoms with Gasteiger partial charge in [-0.3, -0.25) is 0 Å². The third-order valence-corrected chi connectivity index (χ3v) is 3.61. The van der Waals surface area contributed by atoms with Crippen LogP contribution in [0, 0.1) is 5.92 Å². The molecule has 2 rings (SSSR count). The first-order chi connectivity index (χ1) is 9.38. The minimum atomic E-state index is 0.738. The Morgan fingerprint density at radius 2 is 2.26 bits per heavy atom. The van der Waals surface area contributed by atoms with Gasteiger partial charge in [-0.05, 0) is 31.7 Å². The first-order valence-electron chi connectivity index (χ1n) is 7.56. The van der Waals surface area contributed by atoms with Gasteiger partial charge in [0, 0.05) is 19.3 Å². The summed E-state index contributed by atoms with van der Waals surface area (Å²) in [6.45, 7) is 6.44. The van der Waals surface area contributed by atoms with Crippen molar-refractivity contribution in [3.63, 3.8) is 0 Å². The highest BCUT2D eigenvalue weighted by Crippen LogP contribution is 2.24. The molecule has 1 aliphatic carbocycles. The van der Waals surface area contributed by atoms with Gasteiger partial charge in [0.15, 0.2) is 0 Å². The summed E-state index contributed by atoms with van der Waals surface area (Å²) < 4.78 is 7.60. The predicted molar refractivity (Wildman–Crippen MR) is 74.8 cm³/mol. The van der Waals surface area contributed by atoms with E-state index in [1.54, 1.807) is 0 Å². The van der Waals surface area contributed by atoms with E-state index in [1.807, 2.05) is 10.9 Å². The van der Waals surface area contributed by atoms with Gasteiger partial charge in [0.25, 0.3) is 0 Å². The van der Waals surface area contributed by atoms with Crippen LogP contribution < -0.4 is 5.32 Å². The maximum absolute atomic E-state index is 5.73. The second-order valence-electron chi connectivity index (χ2n) is 5.38. The van der Waals surface area contributed by atoms with Crippen molar-refractivity contribution in [2.24, 2.45) is 5.92 Å². The van der Waals surface area contributed by atoms with Crippen molar-refractivity contribution in [2.75, 3.05) is 19.8 Å². The maximum atomic E-state index is 5.73. The average molecular weight is 266 g/mol. The molecule has 0 amide bonds. The molecule has 108 valence electrons. The van der Waals surface area contributed by atoms with Crippen molar-refractivity contribution in [1.82, 2.24) is 20.3 Å². The summed E-state index contributed by atoms with van der Waals surface area (Å²) in [4.78, 5) is 0. The maximum Gasteiger partial charge on any atom is 0.0964 e. The number of rotatable bonds is 9. The van der Waals surface area contributed by atoms with Gasteiger partial charge in [-0.1, -0.05) is 25.0 Å². The SMILES string of the molecule is CCCNCc1cn(CCOCC2CCCC2)nn1. The molecule has 0 spiro atoms. The Morgan fingerprint density at radius 1 is 1.42 bits per heavy atom. The van der Waals surface area contributed by atoms with Gasteiger partial charge in [-0.25, -0.2) is 4.68 Å². The van der Waals surface area contributed by atoms with Crippen LogP contribution in [0.3, 0.4) is 0 Å². The predicted octanol–water partition coefficient (Wildman–Crippen LogP) is 1.98. The van der Waals surface area contributed by atoms with Gasteiger partial charge in [0.1, 0.15) is 0 Å². The van der Waals surface area contributed by atoms with Crippen molar-refractivity contribution < 1.29 is 4.74 Å². The molecule has 1 aromatic rings. The van der Waals surface area contributed by atoms with Gasteiger partial charge in [-0.2, -0.15) is 0 Å². The Balaban J connectivity index is 1.57. The van der Waals surface area contributed by atoms with Crippen molar-refractivity contribution in [2.45, 2.75) is 52.1 Å². The summed E-state index contributed by atoms with van der Waals surface area (Å²) in [6.07, 6.45) is 8.59. The number of ether oxygens (including phenoxy) is 1. The van der Waals surface area contributed by atoms with Gasteiger partial charge in [0.2, 0.25) is 0 Å². The lowest BCUT2D eigenvalue weighted by Crippen LogP contribution is -2.14. The monoisotopic (exact) mass is 266 g/mol. The van der Waals surface area contributed by atoms with E-state index >= 15 is 0 Å². The largest absolute Gasteiger partial charge is 0.379 e. The molecule has 1 aromatic heterocycles. The summed E-state index contributed by atoms with van der Waals surface area (Å²) in [6, 6.07) is 0. The van der Waals surface area contributed by atoms with E-state index in [2.05, 4.69) is 22.6 Å². The molecule has 19 heavy (non-hydrogen) atoms. The van der Waals surface area contributed by atoms with Crippen LogP contribution in [0.4, 0.5) is 0 Å². The summed E-state index contributed by atoms with van der Waals surface area (Å²) in [5.41, 5.74) is 1.00. The Hall–Kier alpha value is -0.940. The highest BCUT2D eigenvalue weighted by Gasteiger charge is 2.14.